The van der Waals surface area contributed by atoms with E-state index in [0.29, 0.717) is 23.5 Å². The molecular weight excluding hydrogens is 322 g/mol. The molecule has 0 aliphatic rings. The SMILES string of the molecule is C=CCSCC(=O)Nc1ccc(C(=O)NCCN(CC)CC)cc1. The van der Waals surface area contributed by atoms with Crippen LogP contribution in [-0.2, 0) is 4.79 Å². The standard InChI is InChI=1S/C18H27N3O2S/c1-4-13-24-14-17(22)20-16-9-7-15(8-10-16)18(23)19-11-12-21(5-2)6-3/h4,7-10H,1,5-6,11-14H2,2-3H3,(H,19,23)(H,20,22). The first-order valence-corrected chi connectivity index (χ1v) is 9.35. The molecule has 0 spiro atoms. The molecule has 1 aromatic carbocycles. The first kappa shape index (κ1) is 20.3. The lowest BCUT2D eigenvalue weighted by Gasteiger charge is -2.17. The van der Waals surface area contributed by atoms with Crippen molar-refractivity contribution in [1.29, 1.82) is 0 Å². The van der Waals surface area contributed by atoms with Crippen LogP contribution in [0.3, 0.4) is 0 Å². The molecule has 0 aliphatic heterocycles. The Balaban J connectivity index is 2.41. The second kappa shape index (κ2) is 11.7. The zero-order valence-corrected chi connectivity index (χ0v) is 15.3. The third kappa shape index (κ3) is 7.66. The van der Waals surface area contributed by atoms with Crippen molar-refractivity contribution >= 4 is 29.3 Å². The van der Waals surface area contributed by atoms with Gasteiger partial charge in [-0.1, -0.05) is 19.9 Å². The predicted octanol–water partition coefficient (Wildman–Crippen LogP) is 2.62. The summed E-state index contributed by atoms with van der Waals surface area (Å²) in [7, 11) is 0. The Hall–Kier alpha value is -1.79. The van der Waals surface area contributed by atoms with Gasteiger partial charge in [-0.3, -0.25) is 9.59 Å². The average molecular weight is 350 g/mol. The van der Waals surface area contributed by atoms with Crippen LogP contribution in [0.1, 0.15) is 24.2 Å². The van der Waals surface area contributed by atoms with Gasteiger partial charge in [-0.15, -0.1) is 18.3 Å². The van der Waals surface area contributed by atoms with Crippen molar-refractivity contribution in [3.8, 4) is 0 Å². The number of anilines is 1. The average Bonchev–Trinajstić information content (AvgIpc) is 2.59. The minimum absolute atomic E-state index is 0.0572. The quantitative estimate of drug-likeness (QED) is 0.476. The van der Waals surface area contributed by atoms with Gasteiger partial charge in [-0.2, -0.15) is 0 Å². The highest BCUT2D eigenvalue weighted by Gasteiger charge is 2.07. The van der Waals surface area contributed by atoms with Crippen LogP contribution in [0.25, 0.3) is 0 Å². The number of hydrogen-bond acceptors (Lipinski definition) is 4. The van der Waals surface area contributed by atoms with Crippen LogP contribution < -0.4 is 10.6 Å². The second-order valence-electron chi connectivity index (χ2n) is 5.21. The van der Waals surface area contributed by atoms with Crippen LogP contribution in [0.15, 0.2) is 36.9 Å². The molecule has 132 valence electrons. The van der Waals surface area contributed by atoms with Gasteiger partial charge in [0.05, 0.1) is 5.75 Å². The van der Waals surface area contributed by atoms with Crippen LogP contribution in [0.5, 0.6) is 0 Å². The molecule has 1 rings (SSSR count). The molecule has 0 fully saturated rings. The second-order valence-corrected chi connectivity index (χ2v) is 6.24. The number of likely N-dealkylation sites (N-methyl/N-ethyl adjacent to an activating group) is 1. The Morgan fingerprint density at radius 3 is 2.46 bits per heavy atom. The maximum Gasteiger partial charge on any atom is 0.251 e. The fourth-order valence-corrected chi connectivity index (χ4v) is 2.65. The first-order chi connectivity index (χ1) is 11.6. The Labute approximate surface area is 148 Å². The van der Waals surface area contributed by atoms with Crippen LogP contribution in [0, 0.1) is 0 Å². The number of amides is 2. The molecule has 5 nitrogen and oxygen atoms in total. The Bertz CT molecular complexity index is 528. The van der Waals surface area contributed by atoms with Crippen LogP contribution >= 0.6 is 11.8 Å². The summed E-state index contributed by atoms with van der Waals surface area (Å²) in [6.07, 6.45) is 1.77. The van der Waals surface area contributed by atoms with Crippen LogP contribution in [0.2, 0.25) is 0 Å². The number of benzene rings is 1. The van der Waals surface area contributed by atoms with E-state index in [4.69, 9.17) is 0 Å². The van der Waals surface area contributed by atoms with E-state index < -0.39 is 0 Å². The molecule has 2 amide bonds. The molecule has 0 saturated heterocycles. The van der Waals surface area contributed by atoms with Gasteiger partial charge in [0, 0.05) is 30.1 Å². The molecule has 0 heterocycles. The van der Waals surface area contributed by atoms with Gasteiger partial charge in [0.1, 0.15) is 0 Å². The van der Waals surface area contributed by atoms with Crippen molar-refractivity contribution < 1.29 is 9.59 Å². The van der Waals surface area contributed by atoms with Gasteiger partial charge < -0.3 is 15.5 Å². The van der Waals surface area contributed by atoms with Crippen molar-refractivity contribution in [2.45, 2.75) is 13.8 Å². The zero-order chi connectivity index (χ0) is 17.8. The summed E-state index contributed by atoms with van der Waals surface area (Å²) in [5.74, 6) is 0.986. The van der Waals surface area contributed by atoms with E-state index in [2.05, 4.69) is 36.0 Å². The zero-order valence-electron chi connectivity index (χ0n) is 14.5. The Morgan fingerprint density at radius 1 is 1.21 bits per heavy atom. The van der Waals surface area contributed by atoms with E-state index in [1.165, 1.54) is 11.8 Å². The molecule has 6 heteroatoms. The third-order valence-corrected chi connectivity index (χ3v) is 4.45. The van der Waals surface area contributed by atoms with Gasteiger partial charge in [-0.05, 0) is 37.4 Å². The summed E-state index contributed by atoms with van der Waals surface area (Å²) in [5, 5.41) is 5.72. The number of thioether (sulfide) groups is 1. The lowest BCUT2D eigenvalue weighted by molar-refractivity contribution is -0.113. The van der Waals surface area contributed by atoms with E-state index in [1.807, 2.05) is 0 Å². The number of nitrogens with zero attached hydrogens (tertiary/aromatic N) is 1. The minimum atomic E-state index is -0.0958. The highest BCUT2D eigenvalue weighted by atomic mass is 32.2. The summed E-state index contributed by atoms with van der Waals surface area (Å²) in [6.45, 7) is 11.2. The molecule has 0 aromatic heterocycles. The highest BCUT2D eigenvalue weighted by Crippen LogP contribution is 2.10. The molecule has 24 heavy (non-hydrogen) atoms. The molecular formula is C18H27N3O2S. The molecule has 0 atom stereocenters. The van der Waals surface area contributed by atoms with Crippen LogP contribution in [0.4, 0.5) is 5.69 Å². The van der Waals surface area contributed by atoms with Gasteiger partial charge in [-0.25, -0.2) is 0 Å². The molecule has 2 N–H and O–H groups in total. The van der Waals surface area contributed by atoms with E-state index in [0.717, 1.165) is 25.4 Å². The van der Waals surface area contributed by atoms with E-state index >= 15 is 0 Å². The maximum absolute atomic E-state index is 12.1. The topological polar surface area (TPSA) is 61.4 Å². The lowest BCUT2D eigenvalue weighted by Crippen LogP contribution is -2.34. The fourth-order valence-electron chi connectivity index (χ4n) is 2.11. The smallest absolute Gasteiger partial charge is 0.251 e. The lowest BCUT2D eigenvalue weighted by atomic mass is 10.2. The van der Waals surface area contributed by atoms with Crippen molar-refractivity contribution in [2.24, 2.45) is 0 Å². The number of nitrogens with one attached hydrogen (secondary N) is 2. The number of rotatable bonds is 11. The predicted molar refractivity (Wildman–Crippen MR) is 103 cm³/mol. The van der Waals surface area contributed by atoms with E-state index in [1.54, 1.807) is 30.3 Å². The number of carbonyl (C=O) groups is 2. The maximum atomic E-state index is 12.1. The van der Waals surface area contributed by atoms with Gasteiger partial charge in [0.25, 0.3) is 5.91 Å². The summed E-state index contributed by atoms with van der Waals surface area (Å²) in [5.41, 5.74) is 1.28. The molecule has 0 unspecified atom stereocenters. The van der Waals surface area contributed by atoms with Crippen molar-refractivity contribution in [3.63, 3.8) is 0 Å². The molecule has 0 aliphatic carbocycles. The van der Waals surface area contributed by atoms with Crippen molar-refractivity contribution in [1.82, 2.24) is 10.2 Å². The first-order valence-electron chi connectivity index (χ1n) is 8.19. The normalized spacial score (nSPS) is 10.5. The van der Waals surface area contributed by atoms with E-state index in [-0.39, 0.29) is 11.8 Å². The monoisotopic (exact) mass is 349 g/mol. The Kier molecular flexibility index (Phi) is 9.88. The summed E-state index contributed by atoms with van der Waals surface area (Å²) >= 11 is 1.51. The number of carbonyl (C=O) groups excluding carboxylic acids is 2. The third-order valence-electron chi connectivity index (χ3n) is 3.51. The van der Waals surface area contributed by atoms with Crippen molar-refractivity contribution in [3.05, 3.63) is 42.5 Å². The van der Waals surface area contributed by atoms with Gasteiger partial charge in [0.15, 0.2) is 0 Å². The largest absolute Gasteiger partial charge is 0.351 e. The highest BCUT2D eigenvalue weighted by molar-refractivity contribution is 8.00. The van der Waals surface area contributed by atoms with Gasteiger partial charge in [0.2, 0.25) is 5.91 Å². The number of hydrogen-bond donors (Lipinski definition) is 2. The van der Waals surface area contributed by atoms with Gasteiger partial charge >= 0.3 is 0 Å². The Morgan fingerprint density at radius 2 is 1.88 bits per heavy atom. The summed E-state index contributed by atoms with van der Waals surface area (Å²) in [4.78, 5) is 26.1. The fraction of sp³-hybridized carbons (Fsp3) is 0.444. The molecule has 0 saturated carbocycles. The van der Waals surface area contributed by atoms with E-state index in [9.17, 15) is 9.59 Å². The molecule has 0 radical (unpaired) electrons. The minimum Gasteiger partial charge on any atom is -0.351 e. The van der Waals surface area contributed by atoms with Crippen LogP contribution in [-0.4, -0.2) is 54.4 Å². The molecule has 0 bridgehead atoms. The summed E-state index contributed by atoms with van der Waals surface area (Å²) in [6, 6.07) is 6.93. The summed E-state index contributed by atoms with van der Waals surface area (Å²) < 4.78 is 0. The van der Waals surface area contributed by atoms with Crippen molar-refractivity contribution in [2.75, 3.05) is 43.0 Å². The molecule has 1 aromatic rings.